The Morgan fingerprint density at radius 2 is 1.90 bits per heavy atom. The first-order valence-electron chi connectivity index (χ1n) is 8.85. The van der Waals surface area contributed by atoms with Gasteiger partial charge in [-0.1, -0.05) is 6.08 Å². The average molecular weight is 444 g/mol. The number of aromatic nitrogens is 1. The normalized spacial score (nSPS) is 17.8. The molecule has 1 aliphatic heterocycles. The van der Waals surface area contributed by atoms with Crippen LogP contribution in [0.5, 0.6) is 0 Å². The first-order chi connectivity index (χ1) is 14.0. The molecule has 1 N–H and O–H groups in total. The Bertz CT molecular complexity index is 1100. The van der Waals surface area contributed by atoms with Crippen molar-refractivity contribution in [2.45, 2.75) is 23.3 Å². The molecule has 29 heavy (non-hydrogen) atoms. The maximum atomic E-state index is 13.3. The minimum absolute atomic E-state index is 0.128. The molecule has 0 aliphatic carbocycles. The van der Waals surface area contributed by atoms with Crippen LogP contribution in [0.15, 0.2) is 57.3 Å². The molecule has 1 unspecified atom stereocenters. The fourth-order valence-corrected chi connectivity index (χ4v) is 5.83. The molecule has 5 nitrogen and oxygen atoms in total. The number of nitrogens with zero attached hydrogens (tertiary/aromatic N) is 1. The van der Waals surface area contributed by atoms with E-state index in [1.165, 1.54) is 34.4 Å². The summed E-state index contributed by atoms with van der Waals surface area (Å²) >= 11 is 4.20. The van der Waals surface area contributed by atoms with Gasteiger partial charge in [0, 0.05) is 44.8 Å². The van der Waals surface area contributed by atoms with Crippen LogP contribution >= 0.6 is 34.4 Å². The minimum Gasteiger partial charge on any atom is -0.480 e. The zero-order chi connectivity index (χ0) is 20.6. The highest BCUT2D eigenvalue weighted by molar-refractivity contribution is 7.99. The van der Waals surface area contributed by atoms with Gasteiger partial charge in [-0.2, -0.15) is 22.7 Å². The van der Waals surface area contributed by atoms with Gasteiger partial charge in [0.1, 0.15) is 5.69 Å². The molecule has 0 aromatic carbocycles. The number of carbonyl (C=O) groups is 3. The van der Waals surface area contributed by atoms with Crippen molar-refractivity contribution >= 4 is 52.0 Å². The van der Waals surface area contributed by atoms with Crippen LogP contribution in [0.25, 0.3) is 0 Å². The third-order valence-corrected chi connectivity index (χ3v) is 7.49. The van der Waals surface area contributed by atoms with Crippen molar-refractivity contribution in [3.05, 3.63) is 74.9 Å². The number of aliphatic carboxylic acids is 1. The first kappa shape index (κ1) is 19.9. The van der Waals surface area contributed by atoms with Crippen LogP contribution in [0, 0.1) is 0 Å². The van der Waals surface area contributed by atoms with E-state index >= 15 is 0 Å². The number of carboxylic acid groups (broad SMARTS) is 1. The number of carbonyl (C=O) groups excluding carboxylic acids is 2. The van der Waals surface area contributed by atoms with Gasteiger partial charge in [0.05, 0.1) is 0 Å². The highest BCUT2D eigenvalue weighted by Crippen LogP contribution is 2.44. The lowest BCUT2D eigenvalue weighted by Crippen LogP contribution is -2.41. The molecule has 0 fully saturated rings. The molecule has 0 radical (unpaired) electrons. The molecule has 148 valence electrons. The molecule has 8 heteroatoms. The van der Waals surface area contributed by atoms with Gasteiger partial charge in [0.2, 0.25) is 5.78 Å². The zero-order valence-electron chi connectivity index (χ0n) is 15.3. The van der Waals surface area contributed by atoms with Gasteiger partial charge in [-0.05, 0) is 35.4 Å². The summed E-state index contributed by atoms with van der Waals surface area (Å²) in [5, 5.41) is 17.2. The Morgan fingerprint density at radius 1 is 1.21 bits per heavy atom. The second-order valence-electron chi connectivity index (χ2n) is 6.64. The van der Waals surface area contributed by atoms with Crippen LogP contribution in [-0.4, -0.2) is 33.0 Å². The van der Waals surface area contributed by atoms with Crippen molar-refractivity contribution in [2.24, 2.45) is 0 Å². The van der Waals surface area contributed by atoms with Crippen molar-refractivity contribution in [3.63, 3.8) is 0 Å². The van der Waals surface area contributed by atoms with E-state index in [-0.39, 0.29) is 12.2 Å². The average Bonchev–Trinajstić information content (AvgIpc) is 3.49. The number of ketones is 2. The van der Waals surface area contributed by atoms with Crippen molar-refractivity contribution in [2.75, 3.05) is 5.75 Å². The summed E-state index contributed by atoms with van der Waals surface area (Å²) in [6.45, 7) is 4.03. The van der Waals surface area contributed by atoms with Gasteiger partial charge >= 0.3 is 5.97 Å². The van der Waals surface area contributed by atoms with Gasteiger partial charge < -0.3 is 9.67 Å². The summed E-state index contributed by atoms with van der Waals surface area (Å²) < 4.78 is 1.73. The third kappa shape index (κ3) is 3.11. The quantitative estimate of drug-likeness (QED) is 0.236. The highest BCUT2D eigenvalue weighted by atomic mass is 32.2. The fraction of sp³-hybridized carbons (Fsp3) is 0.190. The lowest BCUT2D eigenvalue weighted by molar-refractivity contribution is -0.141. The number of hydrogen-bond donors (Lipinski definition) is 1. The number of fused-ring (bicyclic) bond motifs is 1. The Labute approximate surface area is 179 Å². The summed E-state index contributed by atoms with van der Waals surface area (Å²) in [4.78, 5) is 39.6. The second-order valence-corrected chi connectivity index (χ2v) is 9.26. The largest absolute Gasteiger partial charge is 0.480 e. The van der Waals surface area contributed by atoms with Crippen molar-refractivity contribution in [3.8, 4) is 0 Å². The molecule has 1 aliphatic rings. The van der Waals surface area contributed by atoms with E-state index in [4.69, 9.17) is 0 Å². The van der Waals surface area contributed by atoms with Crippen molar-refractivity contribution in [1.82, 2.24) is 4.57 Å². The summed E-state index contributed by atoms with van der Waals surface area (Å²) in [6, 6.07) is 5.11. The molecular formula is C21H17NO4S3. The molecular weight excluding hydrogens is 426 g/mol. The Kier molecular flexibility index (Phi) is 5.33. The van der Waals surface area contributed by atoms with E-state index in [9.17, 15) is 19.5 Å². The van der Waals surface area contributed by atoms with E-state index in [0.717, 1.165) is 0 Å². The van der Waals surface area contributed by atoms with Gasteiger partial charge in [-0.15, -0.1) is 18.3 Å². The summed E-state index contributed by atoms with van der Waals surface area (Å²) in [7, 11) is 0. The number of thiophene rings is 2. The van der Waals surface area contributed by atoms with Crippen LogP contribution in [0.4, 0.5) is 0 Å². The number of Topliss-reactive ketones (excluding diaryl/α,β-unsaturated/α-hetero) is 1. The van der Waals surface area contributed by atoms with Gasteiger partial charge in [0.25, 0.3) is 0 Å². The Morgan fingerprint density at radius 3 is 2.48 bits per heavy atom. The lowest BCUT2D eigenvalue weighted by atomic mass is 9.77. The Hall–Kier alpha value is -2.42. The van der Waals surface area contributed by atoms with Crippen molar-refractivity contribution < 1.29 is 19.5 Å². The number of thioether (sulfide) groups is 1. The maximum absolute atomic E-state index is 13.3. The predicted octanol–water partition coefficient (Wildman–Crippen LogP) is 4.73. The van der Waals surface area contributed by atoms with E-state index in [1.54, 1.807) is 45.0 Å². The molecule has 4 rings (SSSR count). The fourth-order valence-electron chi connectivity index (χ4n) is 3.72. The molecule has 0 spiro atoms. The monoisotopic (exact) mass is 443 g/mol. The van der Waals surface area contributed by atoms with Crippen molar-refractivity contribution in [1.29, 1.82) is 0 Å². The zero-order valence-corrected chi connectivity index (χ0v) is 17.7. The molecule has 4 heterocycles. The molecule has 3 aromatic heterocycles. The number of carboxylic acids is 1. The SMILES string of the molecule is C=CCSc1cc2n(c1C(=O)c1ccsc1)CCC2(C(=O)O)C(=O)c1ccsc1. The Balaban J connectivity index is 1.89. The number of hydrogen-bond acceptors (Lipinski definition) is 6. The van der Waals surface area contributed by atoms with Gasteiger partial charge in [-0.25, -0.2) is 0 Å². The molecule has 1 atom stereocenters. The molecule has 0 saturated carbocycles. The van der Waals surface area contributed by atoms with E-state index < -0.39 is 17.2 Å². The van der Waals surface area contributed by atoms with E-state index in [0.29, 0.717) is 39.7 Å². The summed E-state index contributed by atoms with van der Waals surface area (Å²) in [5.41, 5.74) is 0.0989. The minimum atomic E-state index is -1.68. The van der Waals surface area contributed by atoms with Crippen LogP contribution in [0.2, 0.25) is 0 Å². The summed E-state index contributed by atoms with van der Waals surface area (Å²) in [5.74, 6) is -1.20. The number of rotatable bonds is 8. The molecule has 0 bridgehead atoms. The van der Waals surface area contributed by atoms with E-state index in [1.807, 2.05) is 5.38 Å². The highest BCUT2D eigenvalue weighted by Gasteiger charge is 2.54. The van der Waals surface area contributed by atoms with Crippen LogP contribution < -0.4 is 0 Å². The van der Waals surface area contributed by atoms with Crippen LogP contribution in [0.3, 0.4) is 0 Å². The van der Waals surface area contributed by atoms with Gasteiger partial charge in [0.15, 0.2) is 11.2 Å². The van der Waals surface area contributed by atoms with Crippen LogP contribution in [0.1, 0.15) is 38.5 Å². The van der Waals surface area contributed by atoms with E-state index in [2.05, 4.69) is 6.58 Å². The second kappa shape index (κ2) is 7.78. The summed E-state index contributed by atoms with van der Waals surface area (Å²) in [6.07, 6.45) is 1.86. The molecule has 0 amide bonds. The van der Waals surface area contributed by atoms with Crippen LogP contribution in [-0.2, 0) is 16.8 Å². The standard InChI is InChI=1S/C21H17NO4S3/c1-2-7-29-15-10-16-21(20(25)26,19(24)14-4-9-28-12-14)5-6-22(16)17(15)18(23)13-3-8-27-11-13/h2-4,8-12H,1,5-7H2,(H,25,26). The third-order valence-electron chi connectivity index (χ3n) is 5.10. The molecule has 0 saturated heterocycles. The van der Waals surface area contributed by atoms with Gasteiger partial charge in [-0.3, -0.25) is 14.4 Å². The smallest absolute Gasteiger partial charge is 0.323 e. The molecule has 3 aromatic rings. The lowest BCUT2D eigenvalue weighted by Gasteiger charge is -2.21. The predicted molar refractivity (Wildman–Crippen MR) is 116 cm³/mol. The first-order valence-corrected chi connectivity index (χ1v) is 11.7. The maximum Gasteiger partial charge on any atom is 0.323 e. The topological polar surface area (TPSA) is 76.4 Å².